The molecule has 294 valence electrons. The number of methoxy groups -OCH3 is 4. The van der Waals surface area contributed by atoms with Crippen LogP contribution in [-0.2, 0) is 52.2 Å². The van der Waals surface area contributed by atoms with Crippen molar-refractivity contribution < 1.29 is 57.3 Å². The molecule has 0 aliphatic carbocycles. The number of carboxylic acids is 1. The van der Waals surface area contributed by atoms with Crippen LogP contribution in [0.15, 0.2) is 0 Å². The van der Waals surface area contributed by atoms with Crippen molar-refractivity contribution in [3.8, 4) is 0 Å². The average molecular weight is 727 g/mol. The zero-order chi connectivity index (χ0) is 37.7. The first-order valence-corrected chi connectivity index (χ1v) is 19.3. The van der Waals surface area contributed by atoms with E-state index in [-0.39, 0.29) is 66.1 Å². The molecule has 0 unspecified atom stereocenters. The predicted molar refractivity (Wildman–Crippen MR) is 187 cm³/mol. The Balaban J connectivity index is 1.31. The highest BCUT2D eigenvalue weighted by molar-refractivity contribution is 5.76. The van der Waals surface area contributed by atoms with Crippen LogP contribution in [0.2, 0.25) is 0 Å². The first kappa shape index (κ1) is 40.8. The summed E-state index contributed by atoms with van der Waals surface area (Å²) in [7, 11) is 6.17. The summed E-state index contributed by atoms with van der Waals surface area (Å²) in [6.45, 7) is 16.5. The van der Waals surface area contributed by atoms with Crippen molar-refractivity contribution in [2.75, 3.05) is 28.4 Å². The average Bonchev–Trinajstić information content (AvgIpc) is 3.82. The summed E-state index contributed by atoms with van der Waals surface area (Å²) in [6.07, 6.45) is 4.09. The summed E-state index contributed by atoms with van der Waals surface area (Å²) in [6, 6.07) is 0. The van der Waals surface area contributed by atoms with Crippen molar-refractivity contribution in [1.82, 2.24) is 0 Å². The van der Waals surface area contributed by atoms with Gasteiger partial charge in [0.05, 0.1) is 67.0 Å². The number of hydrogen-bond acceptors (Lipinski definition) is 11. The number of rotatable bonds is 12. The molecule has 0 aromatic rings. The first-order valence-electron chi connectivity index (χ1n) is 19.3. The van der Waals surface area contributed by atoms with Crippen LogP contribution in [0.1, 0.15) is 107 Å². The van der Waals surface area contributed by atoms with Crippen molar-refractivity contribution >= 4 is 11.9 Å². The van der Waals surface area contributed by atoms with Crippen molar-refractivity contribution in [3.05, 3.63) is 0 Å². The lowest BCUT2D eigenvalue weighted by Gasteiger charge is -2.49. The monoisotopic (exact) mass is 726 g/mol. The molecule has 0 amide bonds. The molecule has 1 spiro atoms. The molecule has 12 heteroatoms. The number of carbonyl (C=O) groups is 2. The van der Waals surface area contributed by atoms with Crippen LogP contribution in [-0.4, -0.2) is 111 Å². The summed E-state index contributed by atoms with van der Waals surface area (Å²) < 4.78 is 57.0. The summed E-state index contributed by atoms with van der Waals surface area (Å²) >= 11 is 0. The van der Waals surface area contributed by atoms with E-state index in [9.17, 15) is 14.7 Å². The molecule has 0 aromatic carbocycles. The smallest absolute Gasteiger partial charge is 0.364 e. The van der Waals surface area contributed by atoms with Crippen LogP contribution in [0.4, 0.5) is 0 Å². The zero-order valence-corrected chi connectivity index (χ0v) is 33.1. The summed E-state index contributed by atoms with van der Waals surface area (Å²) in [5.41, 5.74) is -1.11. The fraction of sp³-hybridized carbons (Fsp3) is 0.949. The van der Waals surface area contributed by atoms with Crippen LogP contribution >= 0.6 is 0 Å². The number of carbonyl (C=O) groups excluding carboxylic acids is 1. The lowest BCUT2D eigenvalue weighted by Crippen LogP contribution is -2.59. The van der Waals surface area contributed by atoms with Crippen LogP contribution in [0, 0.1) is 35.5 Å². The number of esters is 1. The maximum Gasteiger partial charge on any atom is 0.364 e. The van der Waals surface area contributed by atoms with Crippen molar-refractivity contribution in [3.63, 3.8) is 0 Å². The lowest BCUT2D eigenvalue weighted by atomic mass is 9.78. The molecular formula is C39H66O12. The van der Waals surface area contributed by atoms with Gasteiger partial charge in [0.1, 0.15) is 0 Å². The molecule has 5 aliphatic heterocycles. The maximum absolute atomic E-state index is 12.5. The van der Waals surface area contributed by atoms with Gasteiger partial charge in [-0.1, -0.05) is 41.5 Å². The van der Waals surface area contributed by atoms with Crippen LogP contribution in [0.3, 0.4) is 0 Å². The van der Waals surface area contributed by atoms with E-state index in [1.807, 2.05) is 13.8 Å². The van der Waals surface area contributed by atoms with E-state index in [1.54, 1.807) is 14.2 Å². The molecule has 0 saturated carbocycles. The van der Waals surface area contributed by atoms with Crippen LogP contribution < -0.4 is 0 Å². The lowest BCUT2D eigenvalue weighted by molar-refractivity contribution is -0.337. The largest absolute Gasteiger partial charge is 0.477 e. The summed E-state index contributed by atoms with van der Waals surface area (Å²) in [5, 5.41) is 10.1. The van der Waals surface area contributed by atoms with E-state index in [0.29, 0.717) is 19.3 Å². The van der Waals surface area contributed by atoms with Crippen molar-refractivity contribution in [2.45, 2.75) is 172 Å². The Bertz CT molecular complexity index is 1230. The van der Waals surface area contributed by atoms with Gasteiger partial charge in [0.2, 0.25) is 0 Å². The first-order chi connectivity index (χ1) is 24.0. The fourth-order valence-electron chi connectivity index (χ4n) is 10.7. The molecule has 0 bridgehead atoms. The summed E-state index contributed by atoms with van der Waals surface area (Å²) in [4.78, 5) is 24.9. The standard InChI is InChI=1S/C39H66O12/c1-13-37(33-22(3)19-27(47-33)30-21(2)18-23(4)39(46-12,50-30)35(41)42)15-14-29(48-37)36(8)16-17-38(51-36)20-28(43-9)24(5)32(49-38)25(6)31(44-10)26(7)34(40)45-11/h21-33H,13-20H2,1-12H3,(H,41,42)/t21-,22-,23+,24+,25-,26-,27+,28-,29+,30-,31+,32-,33+,36-,37-,38+,39+/m0/s1. The maximum atomic E-state index is 12.5. The molecule has 0 aromatic heterocycles. The molecule has 5 fully saturated rings. The molecule has 1 N–H and O–H groups in total. The number of carboxylic acid groups (broad SMARTS) is 1. The van der Waals surface area contributed by atoms with Gasteiger partial charge in [-0.05, 0) is 64.2 Å². The predicted octanol–water partition coefficient (Wildman–Crippen LogP) is 5.76. The van der Waals surface area contributed by atoms with Gasteiger partial charge < -0.3 is 47.7 Å². The Labute approximate surface area is 305 Å². The van der Waals surface area contributed by atoms with Gasteiger partial charge in [-0.15, -0.1) is 0 Å². The number of hydrogen-bond donors (Lipinski definition) is 1. The third-order valence-electron chi connectivity index (χ3n) is 13.7. The van der Waals surface area contributed by atoms with E-state index in [0.717, 1.165) is 32.1 Å². The second-order valence-corrected chi connectivity index (χ2v) is 16.9. The SMILES string of the molecule is CC[C@@]1([C@@H]2O[C@@H]([C@H]3O[C@@](OC)(C(=O)O)[C@H](C)C[C@@H]3C)C[C@@H]2C)CC[C@H]([C@]2(C)CC[C@]3(C[C@H](OC)[C@@H](C)[C@@H]([C@@H](C)[C@@H](OC)[C@H](C)C(=O)OC)O3)O2)O1. The minimum Gasteiger partial charge on any atom is -0.477 e. The van der Waals surface area contributed by atoms with Crippen molar-refractivity contribution in [2.24, 2.45) is 35.5 Å². The van der Waals surface area contributed by atoms with Gasteiger partial charge in [0.15, 0.2) is 5.79 Å². The topological polar surface area (TPSA) is 137 Å². The zero-order valence-electron chi connectivity index (χ0n) is 33.1. The van der Waals surface area contributed by atoms with Crippen LogP contribution in [0.5, 0.6) is 0 Å². The quantitative estimate of drug-likeness (QED) is 0.245. The summed E-state index contributed by atoms with van der Waals surface area (Å²) in [5.74, 6) is -4.54. The second kappa shape index (κ2) is 15.4. The van der Waals surface area contributed by atoms with Gasteiger partial charge in [0, 0.05) is 51.9 Å². The highest BCUT2D eigenvalue weighted by Crippen LogP contribution is 2.55. The number of aliphatic carboxylic acids is 1. The molecular weight excluding hydrogens is 660 g/mol. The molecule has 5 rings (SSSR count). The second-order valence-electron chi connectivity index (χ2n) is 16.9. The van der Waals surface area contributed by atoms with Gasteiger partial charge in [-0.25, -0.2) is 4.79 Å². The Morgan fingerprint density at radius 2 is 1.65 bits per heavy atom. The van der Waals surface area contributed by atoms with E-state index in [4.69, 9.17) is 42.6 Å². The van der Waals surface area contributed by atoms with E-state index in [1.165, 1.54) is 14.2 Å². The normalized spacial score (nSPS) is 47.7. The van der Waals surface area contributed by atoms with E-state index < -0.39 is 46.9 Å². The number of ether oxygens (including phenoxy) is 9. The Kier molecular flexibility index (Phi) is 12.3. The van der Waals surface area contributed by atoms with Gasteiger partial charge in [-0.3, -0.25) is 4.79 Å². The molecule has 5 aliphatic rings. The van der Waals surface area contributed by atoms with E-state index in [2.05, 4.69) is 41.5 Å². The highest BCUT2D eigenvalue weighted by atomic mass is 16.7. The third-order valence-corrected chi connectivity index (χ3v) is 13.7. The Morgan fingerprint density at radius 3 is 2.24 bits per heavy atom. The molecule has 17 atom stereocenters. The van der Waals surface area contributed by atoms with Gasteiger partial charge in [-0.2, -0.15) is 0 Å². The fourth-order valence-corrected chi connectivity index (χ4v) is 10.7. The Hall–Kier alpha value is -1.38. The molecule has 0 radical (unpaired) electrons. The van der Waals surface area contributed by atoms with Crippen LogP contribution in [0.25, 0.3) is 0 Å². The minimum atomic E-state index is -1.69. The van der Waals surface area contributed by atoms with Crippen molar-refractivity contribution in [1.29, 1.82) is 0 Å². The van der Waals surface area contributed by atoms with Gasteiger partial charge in [0.25, 0.3) is 5.79 Å². The minimum absolute atomic E-state index is 0.0432. The molecule has 12 nitrogen and oxygen atoms in total. The molecule has 5 saturated heterocycles. The third kappa shape index (κ3) is 7.14. The Morgan fingerprint density at radius 1 is 0.941 bits per heavy atom. The molecule has 5 heterocycles. The highest BCUT2D eigenvalue weighted by Gasteiger charge is 2.63. The van der Waals surface area contributed by atoms with Gasteiger partial charge >= 0.3 is 11.9 Å². The molecule has 51 heavy (non-hydrogen) atoms. The van der Waals surface area contributed by atoms with E-state index >= 15 is 0 Å².